The molecule has 0 unspecified atom stereocenters. The van der Waals surface area contributed by atoms with Gasteiger partial charge in [-0.15, -0.1) is 0 Å². The van der Waals surface area contributed by atoms with E-state index in [0.29, 0.717) is 43.7 Å². The molecule has 4 amide bonds. The molecule has 5 rings (SSSR count). The summed E-state index contributed by atoms with van der Waals surface area (Å²) in [6.45, 7) is 3.49. The number of anilines is 1. The van der Waals surface area contributed by atoms with Crippen LogP contribution in [0.4, 0.5) is 14.9 Å². The first-order valence-corrected chi connectivity index (χ1v) is 14.5. The lowest BCUT2D eigenvalue weighted by Gasteiger charge is -2.30. The molecule has 1 saturated heterocycles. The van der Waals surface area contributed by atoms with Gasteiger partial charge in [-0.25, -0.2) is 14.1 Å². The molecule has 2 fully saturated rings. The van der Waals surface area contributed by atoms with Crippen molar-refractivity contribution in [2.75, 3.05) is 38.9 Å². The van der Waals surface area contributed by atoms with Crippen molar-refractivity contribution in [1.82, 2.24) is 10.2 Å². The molecule has 0 aromatic heterocycles. The maximum Gasteiger partial charge on any atom is 0.325 e. The molecule has 226 valence electrons. The van der Waals surface area contributed by atoms with Crippen LogP contribution in [-0.4, -0.2) is 62.3 Å². The number of methoxy groups -OCH3 is 1. The Balaban J connectivity index is 1.32. The summed E-state index contributed by atoms with van der Waals surface area (Å²) in [6, 6.07) is 17.8. The van der Waals surface area contributed by atoms with Crippen LogP contribution in [0.1, 0.15) is 54.3 Å². The molecule has 2 aliphatic rings. The fourth-order valence-electron chi connectivity index (χ4n) is 5.22. The molecule has 1 aliphatic carbocycles. The summed E-state index contributed by atoms with van der Waals surface area (Å²) in [6.07, 6.45) is 2.05. The highest BCUT2D eigenvalue weighted by molar-refractivity contribution is 6.10. The summed E-state index contributed by atoms with van der Waals surface area (Å²) in [7, 11) is 1.60. The predicted octanol–water partition coefficient (Wildman–Crippen LogP) is 5.15. The van der Waals surface area contributed by atoms with Gasteiger partial charge >= 0.3 is 6.03 Å². The van der Waals surface area contributed by atoms with Gasteiger partial charge in [0.25, 0.3) is 5.91 Å². The number of hydrogen-bond donors (Lipinski definition) is 2. The van der Waals surface area contributed by atoms with E-state index in [1.54, 1.807) is 44.4 Å². The zero-order chi connectivity index (χ0) is 30.3. The lowest BCUT2D eigenvalue weighted by atomic mass is 9.91. The number of rotatable bonds is 14. The van der Waals surface area contributed by atoms with E-state index in [1.807, 2.05) is 30.3 Å². The number of carbonyl (C=O) groups is 3. The molecule has 0 bridgehead atoms. The van der Waals surface area contributed by atoms with Gasteiger partial charge in [0.2, 0.25) is 5.91 Å². The second-order valence-corrected chi connectivity index (χ2v) is 10.8. The van der Waals surface area contributed by atoms with Crippen LogP contribution in [0.15, 0.2) is 72.8 Å². The number of urea groups is 1. The molecule has 9 nitrogen and oxygen atoms in total. The third-order valence-electron chi connectivity index (χ3n) is 7.76. The monoisotopic (exact) mass is 589 g/mol. The quantitative estimate of drug-likeness (QED) is 0.199. The molecule has 1 aliphatic heterocycles. The molecule has 3 aromatic carbocycles. The molecule has 10 heteroatoms. The summed E-state index contributed by atoms with van der Waals surface area (Å²) < 4.78 is 31.0. The van der Waals surface area contributed by atoms with Gasteiger partial charge in [-0.3, -0.25) is 9.59 Å². The second-order valence-electron chi connectivity index (χ2n) is 10.8. The molecule has 3 aromatic rings. The minimum Gasteiger partial charge on any atom is -0.491 e. The van der Waals surface area contributed by atoms with Crippen molar-refractivity contribution in [3.8, 4) is 5.75 Å². The SMILES string of the molecule is COCCOCCOc1ccc([C@H]2NC(=O)N([C@H](C(=O)Nc3ccc(C4CC4)cc3F)[C@@H](C)c3ccccc3)C2=O)cc1. The topological polar surface area (TPSA) is 106 Å². The Hall–Kier alpha value is -4.28. The van der Waals surface area contributed by atoms with Crippen molar-refractivity contribution in [1.29, 1.82) is 0 Å². The van der Waals surface area contributed by atoms with E-state index >= 15 is 0 Å². The van der Waals surface area contributed by atoms with E-state index in [0.717, 1.165) is 28.9 Å². The molecule has 2 N–H and O–H groups in total. The number of amides is 4. The highest BCUT2D eigenvalue weighted by atomic mass is 19.1. The summed E-state index contributed by atoms with van der Waals surface area (Å²) in [4.78, 5) is 41.8. The third kappa shape index (κ3) is 7.21. The first kappa shape index (κ1) is 30.2. The Bertz CT molecular complexity index is 1430. The Kier molecular flexibility index (Phi) is 9.68. The van der Waals surface area contributed by atoms with Gasteiger partial charge in [-0.05, 0) is 59.7 Å². The molecule has 43 heavy (non-hydrogen) atoms. The number of nitrogens with one attached hydrogen (secondary N) is 2. The van der Waals surface area contributed by atoms with Crippen LogP contribution in [0.5, 0.6) is 5.75 Å². The second kappa shape index (κ2) is 13.8. The summed E-state index contributed by atoms with van der Waals surface area (Å²) in [5.41, 5.74) is 2.19. The normalized spacial score (nSPS) is 17.8. The highest BCUT2D eigenvalue weighted by Gasteiger charge is 2.47. The van der Waals surface area contributed by atoms with Crippen LogP contribution in [-0.2, 0) is 19.1 Å². The van der Waals surface area contributed by atoms with Gasteiger partial charge in [0.1, 0.15) is 30.3 Å². The van der Waals surface area contributed by atoms with Crippen molar-refractivity contribution < 1.29 is 33.0 Å². The number of hydrogen-bond acceptors (Lipinski definition) is 6. The van der Waals surface area contributed by atoms with Gasteiger partial charge in [-0.1, -0.05) is 55.5 Å². The lowest BCUT2D eigenvalue weighted by Crippen LogP contribution is -2.50. The number of nitrogens with zero attached hydrogens (tertiary/aromatic N) is 1. The smallest absolute Gasteiger partial charge is 0.325 e. The predicted molar refractivity (Wildman–Crippen MR) is 158 cm³/mol. The molecule has 0 radical (unpaired) electrons. The molecular weight excluding hydrogens is 553 g/mol. The first-order chi connectivity index (χ1) is 20.9. The average Bonchev–Trinajstić information content (AvgIpc) is 3.83. The summed E-state index contributed by atoms with van der Waals surface area (Å²) in [5, 5.41) is 5.36. The molecule has 3 atom stereocenters. The van der Waals surface area contributed by atoms with Crippen LogP contribution in [0.25, 0.3) is 0 Å². The van der Waals surface area contributed by atoms with Crippen LogP contribution < -0.4 is 15.4 Å². The Labute approximate surface area is 250 Å². The summed E-state index contributed by atoms with van der Waals surface area (Å²) >= 11 is 0. The van der Waals surface area contributed by atoms with E-state index in [-0.39, 0.29) is 5.69 Å². The Morgan fingerprint density at radius 3 is 2.35 bits per heavy atom. The zero-order valence-corrected chi connectivity index (χ0v) is 24.3. The van der Waals surface area contributed by atoms with Crippen LogP contribution in [0.2, 0.25) is 0 Å². The Morgan fingerprint density at radius 2 is 1.67 bits per heavy atom. The zero-order valence-electron chi connectivity index (χ0n) is 24.3. The lowest BCUT2D eigenvalue weighted by molar-refractivity contribution is -0.134. The largest absolute Gasteiger partial charge is 0.491 e. The average molecular weight is 590 g/mol. The number of halogens is 1. The van der Waals surface area contributed by atoms with Crippen molar-refractivity contribution in [3.63, 3.8) is 0 Å². The molecule has 1 heterocycles. The van der Waals surface area contributed by atoms with Gasteiger partial charge in [0.05, 0.1) is 25.5 Å². The Morgan fingerprint density at radius 1 is 0.977 bits per heavy atom. The van der Waals surface area contributed by atoms with Crippen LogP contribution in [0.3, 0.4) is 0 Å². The van der Waals surface area contributed by atoms with Crippen molar-refractivity contribution >= 4 is 23.5 Å². The fraction of sp³-hybridized carbons (Fsp3) is 0.364. The number of ether oxygens (including phenoxy) is 3. The summed E-state index contributed by atoms with van der Waals surface area (Å²) in [5.74, 6) is -1.42. The van der Waals surface area contributed by atoms with Crippen molar-refractivity contribution in [2.24, 2.45) is 0 Å². The van der Waals surface area contributed by atoms with Gasteiger partial charge in [0, 0.05) is 13.0 Å². The fourth-order valence-corrected chi connectivity index (χ4v) is 5.22. The maximum atomic E-state index is 15.0. The van der Waals surface area contributed by atoms with Gasteiger partial charge in [-0.2, -0.15) is 0 Å². The number of imide groups is 1. The van der Waals surface area contributed by atoms with Crippen molar-refractivity contribution in [2.45, 2.75) is 43.7 Å². The molecule has 0 spiro atoms. The van der Waals surface area contributed by atoms with E-state index in [4.69, 9.17) is 14.2 Å². The molecular formula is C33H36FN3O6. The van der Waals surface area contributed by atoms with E-state index < -0.39 is 41.7 Å². The third-order valence-corrected chi connectivity index (χ3v) is 7.76. The van der Waals surface area contributed by atoms with Gasteiger partial charge in [0.15, 0.2) is 0 Å². The van der Waals surface area contributed by atoms with E-state index in [2.05, 4.69) is 10.6 Å². The highest BCUT2D eigenvalue weighted by Crippen LogP contribution is 2.41. The van der Waals surface area contributed by atoms with Crippen molar-refractivity contribution in [3.05, 3.63) is 95.3 Å². The minimum absolute atomic E-state index is 0.00273. The standard InChI is InChI=1S/C33H36FN3O6/c1-21(22-6-4-3-5-7-22)30(31(38)35-28-15-12-25(20-27(28)34)23-8-9-23)37-32(39)29(36-33(37)40)24-10-13-26(14-11-24)43-19-18-42-17-16-41-2/h3-7,10-15,20-21,23,29-30H,8-9,16-19H2,1-2H3,(H,35,38)(H,36,40)/t21-,29+,30-/m0/s1. The number of carbonyl (C=O) groups excluding carboxylic acids is 3. The first-order valence-electron chi connectivity index (χ1n) is 14.5. The van der Waals surface area contributed by atoms with Gasteiger partial charge < -0.3 is 24.8 Å². The number of benzene rings is 3. The van der Waals surface area contributed by atoms with E-state index in [9.17, 15) is 18.8 Å². The molecule has 1 saturated carbocycles. The van der Waals surface area contributed by atoms with Crippen LogP contribution >= 0.6 is 0 Å². The van der Waals surface area contributed by atoms with Crippen LogP contribution in [0, 0.1) is 5.82 Å². The minimum atomic E-state index is -1.23. The maximum absolute atomic E-state index is 15.0. The van der Waals surface area contributed by atoms with E-state index in [1.165, 1.54) is 12.1 Å².